The second-order valence-electron chi connectivity index (χ2n) is 2.35. The number of aromatic nitrogens is 2. The zero-order valence-electron chi connectivity index (χ0n) is 5.78. The topological polar surface area (TPSA) is 17.3 Å². The lowest BCUT2D eigenvalue weighted by Gasteiger charge is -1.94. The van der Waals surface area contributed by atoms with Crippen molar-refractivity contribution < 1.29 is 0 Å². The molecular formula is C8H8N2. The first-order valence-corrected chi connectivity index (χ1v) is 3.26. The zero-order chi connectivity index (χ0) is 6.97. The van der Waals surface area contributed by atoms with E-state index in [2.05, 4.69) is 18.0 Å². The van der Waals surface area contributed by atoms with Crippen LogP contribution in [0.25, 0.3) is 5.65 Å². The lowest BCUT2D eigenvalue weighted by Crippen LogP contribution is -1.83. The average Bonchev–Trinajstić information content (AvgIpc) is 2.36. The monoisotopic (exact) mass is 132 g/mol. The molecule has 0 fully saturated rings. The summed E-state index contributed by atoms with van der Waals surface area (Å²) >= 11 is 0. The summed E-state index contributed by atoms with van der Waals surface area (Å²) in [5, 5.41) is 0. The van der Waals surface area contributed by atoms with Gasteiger partial charge in [0.05, 0.1) is 0 Å². The van der Waals surface area contributed by atoms with E-state index >= 15 is 0 Å². The van der Waals surface area contributed by atoms with E-state index in [0.29, 0.717) is 0 Å². The average molecular weight is 132 g/mol. The number of rotatable bonds is 0. The second kappa shape index (κ2) is 1.84. The summed E-state index contributed by atoms with van der Waals surface area (Å²) in [6, 6.07) is 4.08. The Labute approximate surface area is 59.1 Å². The van der Waals surface area contributed by atoms with Crippen LogP contribution in [0.15, 0.2) is 30.7 Å². The van der Waals surface area contributed by atoms with Crippen LogP contribution in [-0.4, -0.2) is 9.38 Å². The normalized spacial score (nSPS) is 10.5. The van der Waals surface area contributed by atoms with Gasteiger partial charge in [0.15, 0.2) is 0 Å². The van der Waals surface area contributed by atoms with Gasteiger partial charge in [-0.1, -0.05) is 6.07 Å². The van der Waals surface area contributed by atoms with E-state index in [0.717, 1.165) is 5.65 Å². The first-order chi connectivity index (χ1) is 4.88. The fourth-order valence-electron chi connectivity index (χ4n) is 1.09. The molecule has 2 heteroatoms. The SMILES string of the molecule is Cc1cccn2ccnc12. The van der Waals surface area contributed by atoms with Crippen LogP contribution in [0.4, 0.5) is 0 Å². The minimum absolute atomic E-state index is 1.04. The summed E-state index contributed by atoms with van der Waals surface area (Å²) in [7, 11) is 0. The van der Waals surface area contributed by atoms with Gasteiger partial charge in [-0.3, -0.25) is 0 Å². The van der Waals surface area contributed by atoms with Crippen molar-refractivity contribution in [3.05, 3.63) is 36.3 Å². The summed E-state index contributed by atoms with van der Waals surface area (Å²) in [6.07, 6.45) is 5.75. The fraction of sp³-hybridized carbons (Fsp3) is 0.125. The highest BCUT2D eigenvalue weighted by Gasteiger charge is 1.93. The molecule has 2 nitrogen and oxygen atoms in total. The summed E-state index contributed by atoms with van der Waals surface area (Å²) in [4.78, 5) is 4.18. The fourth-order valence-corrected chi connectivity index (χ4v) is 1.09. The standard InChI is InChI=1S/C8H8N2/c1-7-3-2-5-10-6-4-9-8(7)10/h2-6H,1H3. The largest absolute Gasteiger partial charge is 0.307 e. The van der Waals surface area contributed by atoms with Crippen molar-refractivity contribution >= 4 is 5.65 Å². The molecule has 0 spiro atoms. The highest BCUT2D eigenvalue weighted by molar-refractivity contribution is 5.46. The Morgan fingerprint density at radius 3 is 3.10 bits per heavy atom. The van der Waals surface area contributed by atoms with Crippen molar-refractivity contribution in [3.63, 3.8) is 0 Å². The Morgan fingerprint density at radius 1 is 1.40 bits per heavy atom. The van der Waals surface area contributed by atoms with Gasteiger partial charge in [-0.2, -0.15) is 0 Å². The van der Waals surface area contributed by atoms with E-state index in [1.54, 1.807) is 0 Å². The van der Waals surface area contributed by atoms with E-state index in [9.17, 15) is 0 Å². The minimum atomic E-state index is 1.04. The van der Waals surface area contributed by atoms with Crippen LogP contribution in [0.3, 0.4) is 0 Å². The first-order valence-electron chi connectivity index (χ1n) is 3.26. The molecule has 0 aromatic carbocycles. The third kappa shape index (κ3) is 0.620. The quantitative estimate of drug-likeness (QED) is 0.532. The number of aryl methyl sites for hydroxylation is 1. The molecule has 2 rings (SSSR count). The molecule has 2 aromatic heterocycles. The van der Waals surface area contributed by atoms with Crippen LogP contribution in [0.1, 0.15) is 5.56 Å². The number of pyridine rings is 1. The summed E-state index contributed by atoms with van der Waals surface area (Å²) in [5.41, 5.74) is 2.26. The van der Waals surface area contributed by atoms with E-state index < -0.39 is 0 Å². The van der Waals surface area contributed by atoms with Gasteiger partial charge in [-0.25, -0.2) is 4.98 Å². The van der Waals surface area contributed by atoms with Gasteiger partial charge >= 0.3 is 0 Å². The van der Waals surface area contributed by atoms with Gasteiger partial charge in [-0.05, 0) is 18.6 Å². The number of nitrogens with zero attached hydrogens (tertiary/aromatic N) is 2. The van der Waals surface area contributed by atoms with Crippen molar-refractivity contribution in [2.75, 3.05) is 0 Å². The molecule has 0 bridgehead atoms. The summed E-state index contributed by atoms with van der Waals surface area (Å²) in [6.45, 7) is 2.06. The maximum Gasteiger partial charge on any atom is 0.139 e. The Hall–Kier alpha value is -1.31. The predicted octanol–water partition coefficient (Wildman–Crippen LogP) is 1.64. The Kier molecular flexibility index (Phi) is 1.01. The second-order valence-corrected chi connectivity index (χ2v) is 2.35. The van der Waals surface area contributed by atoms with Crippen LogP contribution in [0.2, 0.25) is 0 Å². The molecule has 0 unspecified atom stereocenters. The van der Waals surface area contributed by atoms with Crippen LogP contribution in [0, 0.1) is 6.92 Å². The molecule has 0 N–H and O–H groups in total. The van der Waals surface area contributed by atoms with Crippen LogP contribution >= 0.6 is 0 Å². The molecule has 0 saturated heterocycles. The molecule has 2 aromatic rings. The lowest BCUT2D eigenvalue weighted by molar-refractivity contribution is 1.16. The molecule has 10 heavy (non-hydrogen) atoms. The van der Waals surface area contributed by atoms with Gasteiger partial charge in [0.2, 0.25) is 0 Å². The van der Waals surface area contributed by atoms with Gasteiger partial charge in [-0.15, -0.1) is 0 Å². The third-order valence-electron chi connectivity index (χ3n) is 1.61. The first kappa shape index (κ1) is 5.47. The molecular weight excluding hydrogens is 124 g/mol. The molecule has 0 aliphatic heterocycles. The highest BCUT2D eigenvalue weighted by Crippen LogP contribution is 2.05. The van der Waals surface area contributed by atoms with E-state index in [4.69, 9.17) is 0 Å². The zero-order valence-corrected chi connectivity index (χ0v) is 5.78. The maximum absolute atomic E-state index is 4.18. The number of fused-ring (bicyclic) bond motifs is 1. The van der Waals surface area contributed by atoms with E-state index in [-0.39, 0.29) is 0 Å². The maximum atomic E-state index is 4.18. The molecule has 2 heterocycles. The molecule has 50 valence electrons. The van der Waals surface area contributed by atoms with Crippen molar-refractivity contribution in [3.8, 4) is 0 Å². The Bertz CT molecular complexity index is 349. The number of imidazole rings is 1. The van der Waals surface area contributed by atoms with Crippen LogP contribution in [0.5, 0.6) is 0 Å². The van der Waals surface area contributed by atoms with Crippen molar-refractivity contribution in [1.29, 1.82) is 0 Å². The van der Waals surface area contributed by atoms with Gasteiger partial charge in [0.25, 0.3) is 0 Å². The van der Waals surface area contributed by atoms with Crippen molar-refractivity contribution in [2.45, 2.75) is 6.92 Å². The van der Waals surface area contributed by atoms with E-state index in [1.807, 2.05) is 29.1 Å². The Morgan fingerprint density at radius 2 is 2.30 bits per heavy atom. The van der Waals surface area contributed by atoms with E-state index in [1.165, 1.54) is 5.56 Å². The van der Waals surface area contributed by atoms with Crippen LogP contribution in [-0.2, 0) is 0 Å². The van der Waals surface area contributed by atoms with Crippen molar-refractivity contribution in [1.82, 2.24) is 9.38 Å². The smallest absolute Gasteiger partial charge is 0.139 e. The molecule has 0 atom stereocenters. The molecule has 0 aliphatic rings. The predicted molar refractivity (Wildman–Crippen MR) is 39.9 cm³/mol. The van der Waals surface area contributed by atoms with Crippen LogP contribution < -0.4 is 0 Å². The lowest BCUT2D eigenvalue weighted by atomic mass is 10.3. The summed E-state index contributed by atoms with van der Waals surface area (Å²) in [5.74, 6) is 0. The molecule has 0 radical (unpaired) electrons. The number of hydrogen-bond donors (Lipinski definition) is 0. The number of hydrogen-bond acceptors (Lipinski definition) is 1. The van der Waals surface area contributed by atoms with Gasteiger partial charge in [0.1, 0.15) is 5.65 Å². The van der Waals surface area contributed by atoms with Crippen molar-refractivity contribution in [2.24, 2.45) is 0 Å². The molecule has 0 amide bonds. The third-order valence-corrected chi connectivity index (χ3v) is 1.61. The minimum Gasteiger partial charge on any atom is -0.307 e. The highest BCUT2D eigenvalue weighted by atomic mass is 15.0. The summed E-state index contributed by atoms with van der Waals surface area (Å²) < 4.78 is 2.01. The Balaban J connectivity index is 2.95. The molecule has 0 saturated carbocycles. The molecule has 0 aliphatic carbocycles. The van der Waals surface area contributed by atoms with Gasteiger partial charge in [0, 0.05) is 18.6 Å². The van der Waals surface area contributed by atoms with Gasteiger partial charge < -0.3 is 4.40 Å².